The Balaban J connectivity index is 1.68. The van der Waals surface area contributed by atoms with Gasteiger partial charge in [-0.3, -0.25) is 9.59 Å². The summed E-state index contributed by atoms with van der Waals surface area (Å²) in [6.45, 7) is 11.6. The van der Waals surface area contributed by atoms with Gasteiger partial charge in [0.2, 0.25) is 0 Å². The number of carbonyl (C=O) groups is 2. The topological polar surface area (TPSA) is 100 Å². The van der Waals surface area contributed by atoms with Crippen LogP contribution in [0.4, 0.5) is 0 Å². The Morgan fingerprint density at radius 1 is 0.775 bits per heavy atom. The molecule has 0 aliphatic rings. The number of nitriles is 2. The predicted molar refractivity (Wildman–Crippen MR) is 157 cm³/mol. The fourth-order valence-corrected chi connectivity index (χ4v) is 3.54. The van der Waals surface area contributed by atoms with Gasteiger partial charge in [-0.25, -0.2) is 0 Å². The van der Waals surface area contributed by atoms with Crippen LogP contribution in [0.25, 0.3) is 11.1 Å². The molecule has 0 N–H and O–H groups in total. The van der Waals surface area contributed by atoms with Crippen LogP contribution in [0, 0.1) is 22.7 Å². The van der Waals surface area contributed by atoms with Gasteiger partial charge in [0.1, 0.15) is 11.5 Å². The van der Waals surface area contributed by atoms with E-state index in [0.717, 1.165) is 16.7 Å². The minimum atomic E-state index is -0.387. The van der Waals surface area contributed by atoms with Crippen LogP contribution in [0.3, 0.4) is 0 Å². The lowest BCUT2D eigenvalue weighted by molar-refractivity contribution is -0.140. The zero-order chi connectivity index (χ0) is 29.3. The number of hydrogen-bond donors (Lipinski definition) is 0. The summed E-state index contributed by atoms with van der Waals surface area (Å²) in [5.74, 6) is 0.101. The van der Waals surface area contributed by atoms with Gasteiger partial charge >= 0.3 is 11.9 Å². The lowest BCUT2D eigenvalue weighted by atomic mass is 10.1. The number of allylic oxidation sites excluding steroid dienone is 7. The molecule has 0 spiro atoms. The Hall–Kier alpha value is -4.94. The Labute approximate surface area is 236 Å². The van der Waals surface area contributed by atoms with Crippen LogP contribution in [0.15, 0.2) is 97.5 Å². The van der Waals surface area contributed by atoms with Crippen LogP contribution in [-0.4, -0.2) is 11.9 Å². The van der Waals surface area contributed by atoms with E-state index in [9.17, 15) is 9.59 Å². The molecule has 0 amide bonds. The molecule has 0 bridgehead atoms. The highest BCUT2D eigenvalue weighted by molar-refractivity contribution is 5.74. The summed E-state index contributed by atoms with van der Waals surface area (Å²) in [6.07, 6.45) is 9.90. The lowest BCUT2D eigenvalue weighted by Gasteiger charge is -2.07. The third-order valence-electron chi connectivity index (χ3n) is 5.94. The molecule has 2 aromatic rings. The molecule has 0 atom stereocenters. The average molecular weight is 535 g/mol. The summed E-state index contributed by atoms with van der Waals surface area (Å²) in [7, 11) is 0. The van der Waals surface area contributed by atoms with Crippen LogP contribution < -0.4 is 0 Å². The molecular weight excluding hydrogens is 500 g/mol. The zero-order valence-corrected chi connectivity index (χ0v) is 23.1. The minimum Gasteiger partial charge on any atom is -0.431 e. The second-order valence-electron chi connectivity index (χ2n) is 9.05. The molecule has 204 valence electrons. The lowest BCUT2D eigenvalue weighted by Crippen LogP contribution is -2.05. The number of ether oxygens (including phenoxy) is 2. The average Bonchev–Trinajstić information content (AvgIpc) is 2.97. The number of benzene rings is 2. The first-order valence-corrected chi connectivity index (χ1v) is 13.1. The van der Waals surface area contributed by atoms with Gasteiger partial charge in [-0.05, 0) is 78.5 Å². The van der Waals surface area contributed by atoms with Crippen molar-refractivity contribution in [2.75, 3.05) is 0 Å². The fraction of sp³-hybridized carbons (Fsp3) is 0.235. The monoisotopic (exact) mass is 534 g/mol. The van der Waals surface area contributed by atoms with Crippen molar-refractivity contribution in [1.82, 2.24) is 0 Å². The predicted octanol–water partition coefficient (Wildman–Crippen LogP) is 7.95. The van der Waals surface area contributed by atoms with Crippen LogP contribution in [-0.2, 0) is 19.1 Å². The molecule has 0 unspecified atom stereocenters. The Bertz CT molecular complexity index is 1380. The minimum absolute atomic E-state index is 0.214. The standard InChI is InChI=1S/C34H34N2O4/c1-5-32(22-12-26(3)31-20-16-29(24-36)17-21-31)40-34(38)10-8-6-7-9-33(37)39-27(4)13-11-25(2)30-18-14-28(23-35)15-19-30/h11-22H,2,4-10H2,1,3H3/b13-11-,26-12+,32-22+. The molecule has 2 rings (SSSR count). The molecule has 6 heteroatoms. The van der Waals surface area contributed by atoms with E-state index < -0.39 is 0 Å². The Morgan fingerprint density at radius 3 is 1.82 bits per heavy atom. The van der Waals surface area contributed by atoms with Crippen molar-refractivity contribution in [2.45, 2.75) is 52.4 Å². The van der Waals surface area contributed by atoms with Crippen LogP contribution >= 0.6 is 0 Å². The van der Waals surface area contributed by atoms with E-state index in [4.69, 9.17) is 20.0 Å². The van der Waals surface area contributed by atoms with Crippen LogP contribution in [0.1, 0.15) is 74.6 Å². The normalized spacial score (nSPS) is 11.4. The van der Waals surface area contributed by atoms with Gasteiger partial charge in [0.25, 0.3) is 0 Å². The number of esters is 2. The van der Waals surface area contributed by atoms with E-state index in [1.54, 1.807) is 54.6 Å². The van der Waals surface area contributed by atoms with Crippen molar-refractivity contribution < 1.29 is 19.1 Å². The molecule has 0 aliphatic heterocycles. The molecule has 0 saturated heterocycles. The molecule has 6 nitrogen and oxygen atoms in total. The van der Waals surface area contributed by atoms with Crippen molar-refractivity contribution >= 4 is 23.1 Å². The van der Waals surface area contributed by atoms with Crippen molar-refractivity contribution in [3.05, 3.63) is 120 Å². The Kier molecular flexibility index (Phi) is 13.1. The quantitative estimate of drug-likeness (QED) is 0.105. The summed E-state index contributed by atoms with van der Waals surface area (Å²) < 4.78 is 10.7. The van der Waals surface area contributed by atoms with Gasteiger partial charge in [-0.2, -0.15) is 10.5 Å². The Morgan fingerprint density at radius 2 is 1.30 bits per heavy atom. The molecular formula is C34H34N2O4. The van der Waals surface area contributed by atoms with E-state index in [1.807, 2.05) is 32.1 Å². The summed E-state index contributed by atoms with van der Waals surface area (Å²) >= 11 is 0. The maximum absolute atomic E-state index is 12.3. The number of unbranched alkanes of at least 4 members (excludes halogenated alkanes) is 2. The van der Waals surface area contributed by atoms with Crippen LogP contribution in [0.5, 0.6) is 0 Å². The highest BCUT2D eigenvalue weighted by Gasteiger charge is 2.08. The smallest absolute Gasteiger partial charge is 0.311 e. The van der Waals surface area contributed by atoms with Crippen molar-refractivity contribution in [1.29, 1.82) is 10.5 Å². The molecule has 0 aromatic heterocycles. The molecule has 0 fully saturated rings. The van der Waals surface area contributed by atoms with E-state index in [1.165, 1.54) is 0 Å². The van der Waals surface area contributed by atoms with Gasteiger partial charge in [-0.1, -0.05) is 62.9 Å². The first-order valence-electron chi connectivity index (χ1n) is 13.1. The van der Waals surface area contributed by atoms with E-state index in [-0.39, 0.29) is 30.5 Å². The molecule has 0 aliphatic carbocycles. The van der Waals surface area contributed by atoms with E-state index in [0.29, 0.717) is 48.1 Å². The molecule has 40 heavy (non-hydrogen) atoms. The summed E-state index contributed by atoms with van der Waals surface area (Å²) in [5, 5.41) is 17.8. The highest BCUT2D eigenvalue weighted by Crippen LogP contribution is 2.18. The van der Waals surface area contributed by atoms with E-state index in [2.05, 4.69) is 25.3 Å². The van der Waals surface area contributed by atoms with Crippen molar-refractivity contribution in [2.24, 2.45) is 0 Å². The largest absolute Gasteiger partial charge is 0.431 e. The number of nitrogens with zero attached hydrogens (tertiary/aromatic N) is 2. The fourth-order valence-electron chi connectivity index (χ4n) is 3.54. The number of rotatable bonds is 14. The van der Waals surface area contributed by atoms with E-state index >= 15 is 0 Å². The molecule has 0 radical (unpaired) electrons. The SMILES string of the molecule is C=C(/C=C\C(=C)c1ccc(C#N)cc1)OC(=O)CCCCCC(=O)O/C(=C/C=C(\C)c1ccc(C#N)cc1)CC. The number of carbonyl (C=O) groups excluding carboxylic acids is 2. The third-order valence-corrected chi connectivity index (χ3v) is 5.94. The summed E-state index contributed by atoms with van der Waals surface area (Å²) in [4.78, 5) is 24.3. The first kappa shape index (κ1) is 31.3. The molecule has 0 heterocycles. The van der Waals surface area contributed by atoms with Crippen molar-refractivity contribution in [3.8, 4) is 12.1 Å². The summed E-state index contributed by atoms with van der Waals surface area (Å²) in [6, 6.07) is 18.5. The second kappa shape index (κ2) is 16.8. The highest BCUT2D eigenvalue weighted by atomic mass is 16.5. The number of hydrogen-bond acceptors (Lipinski definition) is 6. The van der Waals surface area contributed by atoms with Gasteiger partial charge in [-0.15, -0.1) is 0 Å². The maximum Gasteiger partial charge on any atom is 0.311 e. The molecule has 0 saturated carbocycles. The zero-order valence-electron chi connectivity index (χ0n) is 23.1. The van der Waals surface area contributed by atoms with Gasteiger partial charge in [0, 0.05) is 19.3 Å². The second-order valence-corrected chi connectivity index (χ2v) is 9.05. The molecule has 2 aromatic carbocycles. The van der Waals surface area contributed by atoms with Gasteiger partial charge < -0.3 is 9.47 Å². The van der Waals surface area contributed by atoms with Crippen LogP contribution in [0.2, 0.25) is 0 Å². The maximum atomic E-state index is 12.3. The third kappa shape index (κ3) is 11.2. The first-order chi connectivity index (χ1) is 19.2. The summed E-state index contributed by atoms with van der Waals surface area (Å²) in [5.41, 5.74) is 4.71. The van der Waals surface area contributed by atoms with Gasteiger partial charge in [0.05, 0.1) is 23.3 Å². The van der Waals surface area contributed by atoms with Gasteiger partial charge in [0.15, 0.2) is 0 Å². The van der Waals surface area contributed by atoms with Crippen molar-refractivity contribution in [3.63, 3.8) is 0 Å².